The molecule has 0 atom stereocenters. The van der Waals surface area contributed by atoms with Gasteiger partial charge in [-0.05, 0) is 12.1 Å². The van der Waals surface area contributed by atoms with Gasteiger partial charge in [0.1, 0.15) is 17.2 Å². The highest BCUT2D eigenvalue weighted by molar-refractivity contribution is 5.72. The van der Waals surface area contributed by atoms with Crippen LogP contribution in [0.25, 0.3) is 11.2 Å². The molecule has 0 bridgehead atoms. The maximum absolute atomic E-state index is 5.45. The molecule has 5 heteroatoms. The van der Waals surface area contributed by atoms with Crippen molar-refractivity contribution in [3.8, 4) is 0 Å². The van der Waals surface area contributed by atoms with Crippen molar-refractivity contribution in [3.05, 3.63) is 18.3 Å². The van der Waals surface area contributed by atoms with E-state index in [0.717, 1.165) is 0 Å². The van der Waals surface area contributed by atoms with E-state index in [1.807, 2.05) is 0 Å². The van der Waals surface area contributed by atoms with Crippen molar-refractivity contribution in [1.29, 1.82) is 0 Å². The summed E-state index contributed by atoms with van der Waals surface area (Å²) in [5, 5.41) is 0. The summed E-state index contributed by atoms with van der Waals surface area (Å²) in [7, 11) is 0. The Bertz CT molecular complexity index is 388. The molecule has 0 aliphatic rings. The van der Waals surface area contributed by atoms with Gasteiger partial charge in [0, 0.05) is 0 Å². The lowest BCUT2D eigenvalue weighted by atomic mass is 10.4. The Balaban J connectivity index is 2.80. The maximum Gasteiger partial charge on any atom is 0.182 e. The quantitative estimate of drug-likeness (QED) is 0.575. The number of pyridine rings is 1. The first kappa shape index (κ1) is 6.78. The number of fused-ring (bicyclic) bond motifs is 1. The Labute approximate surface area is 68.5 Å². The van der Waals surface area contributed by atoms with Crippen LogP contribution < -0.4 is 11.5 Å². The van der Waals surface area contributed by atoms with Crippen LogP contribution in [0, 0.1) is 0 Å². The SMILES string of the molecule is Nc1ccc2ncc(N)nc2n1. The molecule has 5 nitrogen and oxygen atoms in total. The molecule has 0 saturated carbocycles. The van der Waals surface area contributed by atoms with Gasteiger partial charge in [-0.3, -0.25) is 0 Å². The highest BCUT2D eigenvalue weighted by Crippen LogP contribution is 2.09. The van der Waals surface area contributed by atoms with E-state index in [2.05, 4.69) is 15.0 Å². The number of nitrogen functional groups attached to an aromatic ring is 2. The molecule has 2 heterocycles. The van der Waals surface area contributed by atoms with E-state index < -0.39 is 0 Å². The van der Waals surface area contributed by atoms with Crippen molar-refractivity contribution in [2.75, 3.05) is 11.5 Å². The fourth-order valence-corrected chi connectivity index (χ4v) is 0.926. The Morgan fingerprint density at radius 1 is 1.00 bits per heavy atom. The van der Waals surface area contributed by atoms with Gasteiger partial charge in [-0.2, -0.15) is 0 Å². The minimum absolute atomic E-state index is 0.348. The highest BCUT2D eigenvalue weighted by atomic mass is 15.0. The molecule has 0 spiro atoms. The summed E-state index contributed by atoms with van der Waals surface area (Å²) in [6, 6.07) is 3.43. The molecule has 2 aromatic heterocycles. The Morgan fingerprint density at radius 2 is 1.75 bits per heavy atom. The summed E-state index contributed by atoms with van der Waals surface area (Å²) in [5.74, 6) is 0.767. The molecule has 12 heavy (non-hydrogen) atoms. The average Bonchev–Trinajstić information content (AvgIpc) is 2.03. The molecule has 2 rings (SSSR count). The maximum atomic E-state index is 5.45. The molecule has 60 valence electrons. The first-order valence-electron chi connectivity index (χ1n) is 3.40. The molecule has 0 aliphatic heterocycles. The minimum Gasteiger partial charge on any atom is -0.384 e. The second-order valence-corrected chi connectivity index (χ2v) is 2.37. The van der Waals surface area contributed by atoms with Crippen LogP contribution >= 0.6 is 0 Å². The first-order chi connectivity index (χ1) is 5.75. The molecule has 4 N–H and O–H groups in total. The Morgan fingerprint density at radius 3 is 2.58 bits per heavy atom. The van der Waals surface area contributed by atoms with Gasteiger partial charge in [0.05, 0.1) is 6.20 Å². The molecule has 0 radical (unpaired) electrons. The largest absolute Gasteiger partial charge is 0.384 e. The molecule has 0 amide bonds. The molecule has 0 fully saturated rings. The normalized spacial score (nSPS) is 10.3. The predicted octanol–water partition coefficient (Wildman–Crippen LogP) is 0.189. The fraction of sp³-hybridized carbons (Fsp3) is 0. The van der Waals surface area contributed by atoms with E-state index in [4.69, 9.17) is 11.5 Å². The summed E-state index contributed by atoms with van der Waals surface area (Å²) in [6.07, 6.45) is 1.49. The third-order valence-electron chi connectivity index (χ3n) is 1.45. The zero-order valence-corrected chi connectivity index (χ0v) is 6.23. The minimum atomic E-state index is 0.348. The van der Waals surface area contributed by atoms with Crippen LogP contribution in [0.5, 0.6) is 0 Å². The lowest BCUT2D eigenvalue weighted by Crippen LogP contribution is -1.96. The lowest BCUT2D eigenvalue weighted by Gasteiger charge is -1.97. The highest BCUT2D eigenvalue weighted by Gasteiger charge is 1.97. The van der Waals surface area contributed by atoms with E-state index in [1.54, 1.807) is 12.1 Å². The van der Waals surface area contributed by atoms with E-state index in [1.165, 1.54) is 6.20 Å². The van der Waals surface area contributed by atoms with Gasteiger partial charge in [0.25, 0.3) is 0 Å². The van der Waals surface area contributed by atoms with Gasteiger partial charge in [-0.25, -0.2) is 15.0 Å². The van der Waals surface area contributed by atoms with Crippen molar-refractivity contribution >= 4 is 22.8 Å². The number of hydrogen-bond acceptors (Lipinski definition) is 5. The third kappa shape index (κ3) is 1.01. The summed E-state index contributed by atoms with van der Waals surface area (Å²) < 4.78 is 0. The third-order valence-corrected chi connectivity index (χ3v) is 1.45. The zero-order chi connectivity index (χ0) is 8.55. The Kier molecular flexibility index (Phi) is 1.30. The molecular formula is C7H7N5. The molecule has 2 aromatic rings. The van der Waals surface area contributed by atoms with Gasteiger partial charge in [0.2, 0.25) is 0 Å². The number of nitrogens with zero attached hydrogens (tertiary/aromatic N) is 3. The average molecular weight is 161 g/mol. The zero-order valence-electron chi connectivity index (χ0n) is 6.23. The summed E-state index contributed by atoms with van der Waals surface area (Å²) in [5.41, 5.74) is 12.0. The van der Waals surface area contributed by atoms with E-state index in [0.29, 0.717) is 22.8 Å². The number of aromatic nitrogens is 3. The Hall–Kier alpha value is -1.91. The van der Waals surface area contributed by atoms with Crippen LogP contribution in [0.15, 0.2) is 18.3 Å². The van der Waals surface area contributed by atoms with Crippen LogP contribution in [-0.2, 0) is 0 Å². The molecule has 0 unspecified atom stereocenters. The number of anilines is 2. The van der Waals surface area contributed by atoms with Crippen LogP contribution in [0.4, 0.5) is 11.6 Å². The van der Waals surface area contributed by atoms with Crippen molar-refractivity contribution in [1.82, 2.24) is 15.0 Å². The standard InChI is InChI=1S/C7H7N5/c8-5-2-1-4-7(11-5)12-6(9)3-10-4/h1-3H,(H4,8,9,11,12). The van der Waals surface area contributed by atoms with Crippen molar-refractivity contribution in [3.63, 3.8) is 0 Å². The first-order valence-corrected chi connectivity index (χ1v) is 3.40. The molecule has 0 aliphatic carbocycles. The van der Waals surface area contributed by atoms with Crippen molar-refractivity contribution in [2.24, 2.45) is 0 Å². The molecular weight excluding hydrogens is 154 g/mol. The van der Waals surface area contributed by atoms with Crippen molar-refractivity contribution < 1.29 is 0 Å². The second-order valence-electron chi connectivity index (χ2n) is 2.37. The van der Waals surface area contributed by atoms with Crippen LogP contribution in [-0.4, -0.2) is 15.0 Å². The summed E-state index contributed by atoms with van der Waals surface area (Å²) in [6.45, 7) is 0. The van der Waals surface area contributed by atoms with Gasteiger partial charge in [-0.1, -0.05) is 0 Å². The fourth-order valence-electron chi connectivity index (χ4n) is 0.926. The van der Waals surface area contributed by atoms with Gasteiger partial charge in [0.15, 0.2) is 5.65 Å². The number of rotatable bonds is 0. The number of nitrogens with two attached hydrogens (primary N) is 2. The summed E-state index contributed by atoms with van der Waals surface area (Å²) >= 11 is 0. The topological polar surface area (TPSA) is 90.7 Å². The van der Waals surface area contributed by atoms with Gasteiger partial charge < -0.3 is 11.5 Å². The molecule has 0 saturated heterocycles. The van der Waals surface area contributed by atoms with Crippen molar-refractivity contribution in [2.45, 2.75) is 0 Å². The second kappa shape index (κ2) is 2.30. The van der Waals surface area contributed by atoms with Crippen LogP contribution in [0.1, 0.15) is 0 Å². The van der Waals surface area contributed by atoms with Gasteiger partial charge >= 0.3 is 0 Å². The predicted molar refractivity (Wildman–Crippen MR) is 46.2 cm³/mol. The van der Waals surface area contributed by atoms with Gasteiger partial charge in [-0.15, -0.1) is 0 Å². The molecule has 0 aromatic carbocycles. The van der Waals surface area contributed by atoms with E-state index in [-0.39, 0.29) is 0 Å². The lowest BCUT2D eigenvalue weighted by molar-refractivity contribution is 1.24. The number of hydrogen-bond donors (Lipinski definition) is 2. The van der Waals surface area contributed by atoms with E-state index in [9.17, 15) is 0 Å². The summed E-state index contributed by atoms with van der Waals surface area (Å²) in [4.78, 5) is 11.9. The van der Waals surface area contributed by atoms with Crippen LogP contribution in [0.2, 0.25) is 0 Å². The van der Waals surface area contributed by atoms with Crippen LogP contribution in [0.3, 0.4) is 0 Å². The smallest absolute Gasteiger partial charge is 0.182 e. The van der Waals surface area contributed by atoms with E-state index >= 15 is 0 Å². The monoisotopic (exact) mass is 161 g/mol.